The molecule has 1 saturated carbocycles. The fourth-order valence-electron chi connectivity index (χ4n) is 1.86. The lowest BCUT2D eigenvalue weighted by Gasteiger charge is -2.27. The summed E-state index contributed by atoms with van der Waals surface area (Å²) in [5.74, 6) is 1.66. The minimum absolute atomic E-state index is 0.212. The molecule has 1 atom stereocenters. The highest BCUT2D eigenvalue weighted by molar-refractivity contribution is 4.99. The Kier molecular flexibility index (Phi) is 2.69. The maximum atomic E-state index is 9.70. The lowest BCUT2D eigenvalue weighted by Crippen LogP contribution is -2.20. The Morgan fingerprint density at radius 2 is 2.38 bits per heavy atom. The van der Waals surface area contributed by atoms with Crippen molar-refractivity contribution in [2.75, 3.05) is 0 Å². The molecule has 0 radical (unpaired) electrons. The van der Waals surface area contributed by atoms with Gasteiger partial charge in [0.2, 0.25) is 0 Å². The summed E-state index contributed by atoms with van der Waals surface area (Å²) >= 11 is 0. The highest BCUT2D eigenvalue weighted by atomic mass is 16.3. The van der Waals surface area contributed by atoms with E-state index in [2.05, 4.69) is 0 Å². The molecule has 1 aliphatic carbocycles. The van der Waals surface area contributed by atoms with Crippen LogP contribution < -0.4 is 0 Å². The Labute approximate surface area is 78.6 Å². The maximum Gasteiger partial charge on any atom is 0.106 e. The van der Waals surface area contributed by atoms with Gasteiger partial charge in [0.15, 0.2) is 0 Å². The zero-order valence-electron chi connectivity index (χ0n) is 7.78. The molecule has 0 aliphatic heterocycles. The van der Waals surface area contributed by atoms with Crippen LogP contribution in [0, 0.1) is 5.92 Å². The van der Waals surface area contributed by atoms with E-state index in [9.17, 15) is 5.11 Å². The van der Waals surface area contributed by atoms with Crippen molar-refractivity contribution in [3.05, 3.63) is 24.2 Å². The van der Waals surface area contributed by atoms with Gasteiger partial charge in [0.05, 0.1) is 12.4 Å². The van der Waals surface area contributed by atoms with Crippen LogP contribution in [0.15, 0.2) is 22.8 Å². The second-order valence-electron chi connectivity index (χ2n) is 3.97. The van der Waals surface area contributed by atoms with Gasteiger partial charge in [0.25, 0.3) is 0 Å². The van der Waals surface area contributed by atoms with E-state index < -0.39 is 0 Å². The average molecular weight is 180 g/mol. The van der Waals surface area contributed by atoms with Crippen LogP contribution >= 0.6 is 0 Å². The van der Waals surface area contributed by atoms with Crippen molar-refractivity contribution in [3.8, 4) is 0 Å². The summed E-state index contributed by atoms with van der Waals surface area (Å²) < 4.78 is 5.18. The first-order chi connectivity index (χ1) is 6.34. The van der Waals surface area contributed by atoms with Gasteiger partial charge in [-0.3, -0.25) is 0 Å². The van der Waals surface area contributed by atoms with Gasteiger partial charge < -0.3 is 9.52 Å². The molecule has 13 heavy (non-hydrogen) atoms. The maximum absolute atomic E-state index is 9.70. The summed E-state index contributed by atoms with van der Waals surface area (Å²) in [4.78, 5) is 0. The van der Waals surface area contributed by atoms with E-state index in [1.165, 1.54) is 19.3 Å². The molecular weight excluding hydrogens is 164 g/mol. The van der Waals surface area contributed by atoms with Crippen LogP contribution in [0.4, 0.5) is 0 Å². The van der Waals surface area contributed by atoms with Gasteiger partial charge in [-0.15, -0.1) is 0 Å². The van der Waals surface area contributed by atoms with Crippen molar-refractivity contribution in [1.29, 1.82) is 0 Å². The van der Waals surface area contributed by atoms with Crippen LogP contribution in [0.3, 0.4) is 0 Å². The molecule has 1 aromatic rings. The van der Waals surface area contributed by atoms with Crippen LogP contribution in [-0.4, -0.2) is 11.2 Å². The largest absolute Gasteiger partial charge is 0.469 e. The molecule has 0 bridgehead atoms. The molecule has 2 heteroatoms. The van der Waals surface area contributed by atoms with Crippen molar-refractivity contribution in [3.63, 3.8) is 0 Å². The Morgan fingerprint density at radius 3 is 2.92 bits per heavy atom. The molecule has 0 saturated heterocycles. The van der Waals surface area contributed by atoms with Crippen LogP contribution in [0.2, 0.25) is 0 Å². The number of furan rings is 1. The van der Waals surface area contributed by atoms with Gasteiger partial charge in [-0.1, -0.05) is 19.3 Å². The first-order valence-electron chi connectivity index (χ1n) is 5.05. The molecule has 1 unspecified atom stereocenters. The average Bonchev–Trinajstić information content (AvgIpc) is 2.49. The Morgan fingerprint density at radius 1 is 1.54 bits per heavy atom. The molecule has 2 nitrogen and oxygen atoms in total. The van der Waals surface area contributed by atoms with Crippen molar-refractivity contribution >= 4 is 0 Å². The first-order valence-corrected chi connectivity index (χ1v) is 5.05. The SMILES string of the molecule is OC(Cc1ccco1)CC1CCC1. The molecule has 0 spiro atoms. The highest BCUT2D eigenvalue weighted by Gasteiger charge is 2.21. The number of aliphatic hydroxyl groups is 1. The summed E-state index contributed by atoms with van der Waals surface area (Å²) in [6.45, 7) is 0. The zero-order valence-corrected chi connectivity index (χ0v) is 7.78. The minimum Gasteiger partial charge on any atom is -0.469 e. The topological polar surface area (TPSA) is 33.4 Å². The van der Waals surface area contributed by atoms with Crippen molar-refractivity contribution < 1.29 is 9.52 Å². The van der Waals surface area contributed by atoms with Crippen molar-refractivity contribution in [1.82, 2.24) is 0 Å². The fourth-order valence-corrected chi connectivity index (χ4v) is 1.86. The fraction of sp³-hybridized carbons (Fsp3) is 0.636. The van der Waals surface area contributed by atoms with Gasteiger partial charge in [-0.25, -0.2) is 0 Å². The van der Waals surface area contributed by atoms with Gasteiger partial charge in [-0.05, 0) is 24.5 Å². The number of hydrogen-bond acceptors (Lipinski definition) is 2. The van der Waals surface area contributed by atoms with Crippen LogP contribution in [0.25, 0.3) is 0 Å². The standard InChI is InChI=1S/C11H16O2/c12-10(7-9-3-1-4-9)8-11-5-2-6-13-11/h2,5-6,9-10,12H,1,3-4,7-8H2. The van der Waals surface area contributed by atoms with Crippen LogP contribution in [0.1, 0.15) is 31.4 Å². The third kappa shape index (κ3) is 2.34. The molecule has 72 valence electrons. The van der Waals surface area contributed by atoms with Crippen molar-refractivity contribution in [2.45, 2.75) is 38.2 Å². The Balaban J connectivity index is 1.74. The van der Waals surface area contributed by atoms with E-state index in [1.54, 1.807) is 6.26 Å². The van der Waals surface area contributed by atoms with E-state index in [0.29, 0.717) is 6.42 Å². The predicted octanol–water partition coefficient (Wildman–Crippen LogP) is 2.37. The number of rotatable bonds is 4. The van der Waals surface area contributed by atoms with E-state index in [-0.39, 0.29) is 6.10 Å². The molecule has 1 heterocycles. The molecule has 1 aliphatic rings. The predicted molar refractivity (Wildman–Crippen MR) is 50.4 cm³/mol. The van der Waals surface area contributed by atoms with Gasteiger partial charge in [0, 0.05) is 6.42 Å². The normalized spacial score (nSPS) is 19.8. The summed E-state index contributed by atoms with van der Waals surface area (Å²) in [7, 11) is 0. The highest BCUT2D eigenvalue weighted by Crippen LogP contribution is 2.31. The monoisotopic (exact) mass is 180 g/mol. The summed E-state index contributed by atoms with van der Waals surface area (Å²) in [5.41, 5.74) is 0. The van der Waals surface area contributed by atoms with E-state index in [4.69, 9.17) is 4.42 Å². The summed E-state index contributed by atoms with van der Waals surface area (Å²) in [6, 6.07) is 3.79. The van der Waals surface area contributed by atoms with E-state index >= 15 is 0 Å². The second kappa shape index (κ2) is 3.97. The van der Waals surface area contributed by atoms with Crippen molar-refractivity contribution in [2.24, 2.45) is 5.92 Å². The molecule has 1 fully saturated rings. The molecule has 1 aromatic heterocycles. The molecule has 0 aromatic carbocycles. The summed E-state index contributed by atoms with van der Waals surface area (Å²) in [5, 5.41) is 9.70. The van der Waals surface area contributed by atoms with E-state index in [0.717, 1.165) is 18.1 Å². The quantitative estimate of drug-likeness (QED) is 0.771. The first kappa shape index (κ1) is 8.82. The molecule has 0 amide bonds. The zero-order chi connectivity index (χ0) is 9.10. The number of aliphatic hydroxyl groups excluding tert-OH is 1. The third-order valence-electron chi connectivity index (χ3n) is 2.85. The van der Waals surface area contributed by atoms with Crippen LogP contribution in [0.5, 0.6) is 0 Å². The van der Waals surface area contributed by atoms with Gasteiger partial charge >= 0.3 is 0 Å². The second-order valence-corrected chi connectivity index (χ2v) is 3.97. The van der Waals surface area contributed by atoms with Gasteiger partial charge in [-0.2, -0.15) is 0 Å². The molecule has 2 rings (SSSR count). The third-order valence-corrected chi connectivity index (χ3v) is 2.85. The molecular formula is C11H16O2. The smallest absolute Gasteiger partial charge is 0.106 e. The Hall–Kier alpha value is -0.760. The van der Waals surface area contributed by atoms with E-state index in [1.807, 2.05) is 12.1 Å². The van der Waals surface area contributed by atoms with Crippen LogP contribution in [-0.2, 0) is 6.42 Å². The lowest BCUT2D eigenvalue weighted by atomic mass is 9.81. The Bertz CT molecular complexity index is 237. The van der Waals surface area contributed by atoms with Gasteiger partial charge in [0.1, 0.15) is 5.76 Å². The molecule has 1 N–H and O–H groups in total. The number of hydrogen-bond donors (Lipinski definition) is 1. The lowest BCUT2D eigenvalue weighted by molar-refractivity contribution is 0.113. The minimum atomic E-state index is -0.212. The summed E-state index contributed by atoms with van der Waals surface area (Å²) in [6.07, 6.45) is 7.01.